The van der Waals surface area contributed by atoms with Gasteiger partial charge in [-0.05, 0) is 56.2 Å². The van der Waals surface area contributed by atoms with Gasteiger partial charge in [0.05, 0.1) is 12.1 Å². The average Bonchev–Trinajstić information content (AvgIpc) is 3.70. The van der Waals surface area contributed by atoms with Crippen LogP contribution in [-0.4, -0.2) is 87.5 Å². The summed E-state index contributed by atoms with van der Waals surface area (Å²) in [7, 11) is 0. The number of urea groups is 1. The Labute approximate surface area is 279 Å². The van der Waals surface area contributed by atoms with Crippen LogP contribution in [0.25, 0.3) is 0 Å². The van der Waals surface area contributed by atoms with E-state index in [1.54, 1.807) is 29.4 Å². The fraction of sp³-hybridized carbons (Fsp3) is 0.679. The third-order valence-electron chi connectivity index (χ3n) is 7.85. The van der Waals surface area contributed by atoms with E-state index in [2.05, 4.69) is 26.3 Å². The predicted octanol–water partition coefficient (Wildman–Crippen LogP) is 1.96. The maximum Gasteiger partial charge on any atom is 0.315 e. The van der Waals surface area contributed by atoms with E-state index in [0.717, 1.165) is 50.7 Å². The molecule has 1 aromatic heterocycles. The molecule has 5 atom stereocenters. The van der Waals surface area contributed by atoms with Crippen LogP contribution in [0.5, 0.6) is 0 Å². The molecule has 1 aromatic rings. The lowest BCUT2D eigenvalue weighted by atomic mass is 10.0. The van der Waals surface area contributed by atoms with Gasteiger partial charge < -0.3 is 31.3 Å². The molecular weight excluding hydrogens is 629 g/mol. The van der Waals surface area contributed by atoms with E-state index < -0.39 is 12.1 Å². The van der Waals surface area contributed by atoms with Crippen molar-refractivity contribution in [3.63, 3.8) is 0 Å². The smallest absolute Gasteiger partial charge is 0.315 e. The molecule has 0 aromatic carbocycles. The van der Waals surface area contributed by atoms with Crippen LogP contribution in [0.1, 0.15) is 75.9 Å². The standard InChI is InChI=1S/C28H42N6O5S.3H2S/c35-22(9-4-3-8-21-24-20(18-40-21)31-28(39)33-24)30-13-5-1-2-10-23(36)32-25(27(38)34-16-6-7-17-34)26(37)19-11-14-29-15-12-19;;;/h11-12,14-15,20-21,24-26,37H,1-10,13,16-18H2,(H,30,35)(H,32,36)(H2,31,33,39);3*1H2/t20-,21-,24-,25+,26+;;;/m0.../s1. The van der Waals surface area contributed by atoms with Gasteiger partial charge in [0, 0.05) is 55.9 Å². The zero-order chi connectivity index (χ0) is 28.3. The maximum atomic E-state index is 13.1. The quantitative estimate of drug-likeness (QED) is 0.141. The Morgan fingerprint density at radius 3 is 2.37 bits per heavy atom. The average molecular weight is 677 g/mol. The van der Waals surface area contributed by atoms with Gasteiger partial charge in [0.1, 0.15) is 12.1 Å². The van der Waals surface area contributed by atoms with Gasteiger partial charge in [0.2, 0.25) is 17.7 Å². The summed E-state index contributed by atoms with van der Waals surface area (Å²) >= 11 is 1.89. The number of thioether (sulfide) groups is 1. The summed E-state index contributed by atoms with van der Waals surface area (Å²) in [5.74, 6) is 0.459. The van der Waals surface area contributed by atoms with E-state index in [0.29, 0.717) is 43.3 Å². The molecule has 5 amide bonds. The minimum absolute atomic E-state index is 0. The Hall–Kier alpha value is -1.81. The molecule has 0 radical (unpaired) electrons. The van der Waals surface area contributed by atoms with Crippen LogP contribution in [0.15, 0.2) is 24.5 Å². The first kappa shape index (κ1) is 39.2. The highest BCUT2D eigenvalue weighted by Gasteiger charge is 2.42. The van der Waals surface area contributed by atoms with E-state index in [9.17, 15) is 24.3 Å². The number of hydrogen-bond acceptors (Lipinski definition) is 7. The number of unbranched alkanes of at least 4 members (excludes halogenated alkanes) is 3. The van der Waals surface area contributed by atoms with Crippen LogP contribution in [0.4, 0.5) is 4.79 Å². The Balaban J connectivity index is 0.00000308. The van der Waals surface area contributed by atoms with Crippen molar-refractivity contribution >= 4 is 76.0 Å². The molecule has 4 heterocycles. The van der Waals surface area contributed by atoms with E-state index in [1.165, 1.54) is 0 Å². The molecule has 0 bridgehead atoms. The third kappa shape index (κ3) is 11.9. The second kappa shape index (κ2) is 20.3. The van der Waals surface area contributed by atoms with Crippen LogP contribution in [-0.2, 0) is 14.4 Å². The summed E-state index contributed by atoms with van der Waals surface area (Å²) in [6.45, 7) is 1.84. The fourth-order valence-corrected chi connectivity index (χ4v) is 7.13. The largest absolute Gasteiger partial charge is 0.386 e. The van der Waals surface area contributed by atoms with Gasteiger partial charge in [-0.3, -0.25) is 19.4 Å². The molecule has 3 aliphatic heterocycles. The number of nitrogens with one attached hydrogen (secondary N) is 4. The summed E-state index contributed by atoms with van der Waals surface area (Å²) in [4.78, 5) is 55.0. The SMILES string of the molecule is O=C(CCCC[C@@H]1SC[C@@H]2NC(=O)N[C@@H]21)NCCCCCC(=O)N[C@@H](C(=O)N1CCCC1)[C@H](O)c1ccncc1.S.S.S. The Bertz CT molecular complexity index is 1020. The van der Waals surface area contributed by atoms with Gasteiger partial charge >= 0.3 is 6.03 Å². The van der Waals surface area contributed by atoms with E-state index in [-0.39, 0.29) is 82.7 Å². The summed E-state index contributed by atoms with van der Waals surface area (Å²) in [5.41, 5.74) is 0.536. The fourth-order valence-electron chi connectivity index (χ4n) is 5.59. The number of nitrogens with zero attached hydrogens (tertiary/aromatic N) is 2. The molecule has 15 heteroatoms. The van der Waals surface area contributed by atoms with Crippen molar-refractivity contribution in [2.75, 3.05) is 25.4 Å². The van der Waals surface area contributed by atoms with Crippen LogP contribution in [0.3, 0.4) is 0 Å². The lowest BCUT2D eigenvalue weighted by molar-refractivity contribution is -0.139. The summed E-state index contributed by atoms with van der Waals surface area (Å²) in [6.07, 6.45) is 9.48. The van der Waals surface area contributed by atoms with Crippen molar-refractivity contribution in [1.82, 2.24) is 31.2 Å². The molecule has 0 unspecified atom stereocenters. The first-order valence-corrected chi connectivity index (χ1v) is 15.6. The number of pyridine rings is 1. The number of rotatable bonds is 15. The minimum Gasteiger partial charge on any atom is -0.386 e. The highest BCUT2D eigenvalue weighted by molar-refractivity contribution is 8.00. The van der Waals surface area contributed by atoms with Gasteiger partial charge in [-0.2, -0.15) is 52.2 Å². The maximum absolute atomic E-state index is 13.1. The first-order chi connectivity index (χ1) is 19.4. The van der Waals surface area contributed by atoms with E-state index >= 15 is 0 Å². The molecule has 11 nitrogen and oxygen atoms in total. The summed E-state index contributed by atoms with van der Waals surface area (Å²) in [6, 6.07) is 2.62. The van der Waals surface area contributed by atoms with Gasteiger partial charge in [-0.15, -0.1) is 0 Å². The molecule has 3 saturated heterocycles. The van der Waals surface area contributed by atoms with Gasteiger partial charge in [-0.1, -0.05) is 12.8 Å². The van der Waals surface area contributed by atoms with Crippen molar-refractivity contribution in [2.45, 2.75) is 93.7 Å². The number of amides is 5. The number of carbonyl (C=O) groups is 4. The Kier molecular flexibility index (Phi) is 18.5. The highest BCUT2D eigenvalue weighted by atomic mass is 32.2. The number of hydrogen-bond donors (Lipinski definition) is 5. The number of aliphatic hydroxyl groups excluding tert-OH is 1. The molecule has 43 heavy (non-hydrogen) atoms. The van der Waals surface area contributed by atoms with Crippen molar-refractivity contribution in [2.24, 2.45) is 0 Å². The van der Waals surface area contributed by atoms with E-state index in [1.807, 2.05) is 11.8 Å². The molecule has 5 N–H and O–H groups in total. The topological polar surface area (TPSA) is 153 Å². The normalized spacial score (nSPS) is 21.6. The van der Waals surface area contributed by atoms with Crippen molar-refractivity contribution in [3.8, 4) is 0 Å². The number of carbonyl (C=O) groups excluding carboxylic acids is 4. The number of aliphatic hydroxyl groups is 1. The second-order valence-electron chi connectivity index (χ2n) is 10.8. The lowest BCUT2D eigenvalue weighted by Gasteiger charge is -2.28. The highest BCUT2D eigenvalue weighted by Crippen LogP contribution is 2.33. The van der Waals surface area contributed by atoms with Crippen LogP contribution < -0.4 is 21.3 Å². The minimum atomic E-state index is -1.15. The van der Waals surface area contributed by atoms with Crippen molar-refractivity contribution < 1.29 is 24.3 Å². The zero-order valence-corrected chi connectivity index (χ0v) is 28.3. The molecule has 0 aliphatic carbocycles. The second-order valence-corrected chi connectivity index (χ2v) is 12.1. The monoisotopic (exact) mass is 676 g/mol. The Morgan fingerprint density at radius 1 is 0.977 bits per heavy atom. The number of likely N-dealkylation sites (tertiary alicyclic amines) is 1. The summed E-state index contributed by atoms with van der Waals surface area (Å²) in [5, 5.41) is 23.0. The molecule has 0 spiro atoms. The zero-order valence-electron chi connectivity index (χ0n) is 24.5. The molecule has 0 saturated carbocycles. The third-order valence-corrected chi connectivity index (χ3v) is 9.36. The van der Waals surface area contributed by atoms with Crippen molar-refractivity contribution in [1.29, 1.82) is 0 Å². The van der Waals surface area contributed by atoms with Gasteiger partial charge in [-0.25, -0.2) is 4.79 Å². The number of aromatic nitrogens is 1. The molecular formula is C28H48N6O5S4. The van der Waals surface area contributed by atoms with Crippen LogP contribution in [0.2, 0.25) is 0 Å². The summed E-state index contributed by atoms with van der Waals surface area (Å²) < 4.78 is 0. The molecule has 3 aliphatic rings. The van der Waals surface area contributed by atoms with Crippen LogP contribution in [0, 0.1) is 0 Å². The predicted molar refractivity (Wildman–Crippen MR) is 184 cm³/mol. The first-order valence-electron chi connectivity index (χ1n) is 14.5. The molecule has 244 valence electrons. The Morgan fingerprint density at radius 2 is 1.65 bits per heavy atom. The van der Waals surface area contributed by atoms with E-state index in [4.69, 9.17) is 0 Å². The van der Waals surface area contributed by atoms with Crippen LogP contribution >= 0.6 is 52.2 Å². The lowest BCUT2D eigenvalue weighted by Crippen LogP contribution is -2.51. The van der Waals surface area contributed by atoms with Gasteiger partial charge in [0.15, 0.2) is 0 Å². The van der Waals surface area contributed by atoms with Crippen molar-refractivity contribution in [3.05, 3.63) is 30.1 Å². The molecule has 3 fully saturated rings. The molecule has 4 rings (SSSR count). The van der Waals surface area contributed by atoms with Gasteiger partial charge in [0.25, 0.3) is 0 Å². The number of fused-ring (bicyclic) bond motifs is 1.